The van der Waals surface area contributed by atoms with Crippen LogP contribution in [0.25, 0.3) is 0 Å². The summed E-state index contributed by atoms with van der Waals surface area (Å²) in [6, 6.07) is 5.13. The van der Waals surface area contributed by atoms with Crippen molar-refractivity contribution in [2.45, 2.75) is 33.1 Å². The van der Waals surface area contributed by atoms with Crippen LogP contribution >= 0.6 is 0 Å². The predicted octanol–water partition coefficient (Wildman–Crippen LogP) is 2.95. The van der Waals surface area contributed by atoms with Crippen molar-refractivity contribution < 1.29 is 4.39 Å². The van der Waals surface area contributed by atoms with Gasteiger partial charge < -0.3 is 10.6 Å². The van der Waals surface area contributed by atoms with Gasteiger partial charge in [0.2, 0.25) is 0 Å². The van der Waals surface area contributed by atoms with E-state index in [1.54, 1.807) is 12.1 Å². The Morgan fingerprint density at radius 2 is 2.17 bits per heavy atom. The molecule has 0 amide bonds. The fourth-order valence-corrected chi connectivity index (χ4v) is 2.50. The van der Waals surface area contributed by atoms with Gasteiger partial charge >= 0.3 is 0 Å². The van der Waals surface area contributed by atoms with Gasteiger partial charge in [-0.05, 0) is 48.9 Å². The van der Waals surface area contributed by atoms with E-state index < -0.39 is 0 Å². The van der Waals surface area contributed by atoms with Gasteiger partial charge in [-0.25, -0.2) is 4.39 Å². The minimum atomic E-state index is -0.136. The topological polar surface area (TPSA) is 29.3 Å². The number of hydrogen-bond donors (Lipinski definition) is 1. The van der Waals surface area contributed by atoms with Crippen molar-refractivity contribution >= 4 is 5.69 Å². The molecule has 0 atom stereocenters. The van der Waals surface area contributed by atoms with Gasteiger partial charge in [-0.15, -0.1) is 0 Å². The number of fused-ring (bicyclic) bond motifs is 1. The molecule has 0 aliphatic carbocycles. The van der Waals surface area contributed by atoms with Gasteiger partial charge in [-0.2, -0.15) is 0 Å². The van der Waals surface area contributed by atoms with Crippen molar-refractivity contribution in [2.75, 3.05) is 24.5 Å². The second kappa shape index (κ2) is 5.27. The van der Waals surface area contributed by atoms with Crippen LogP contribution in [0.4, 0.5) is 10.1 Å². The number of halogens is 1. The molecule has 18 heavy (non-hydrogen) atoms. The number of anilines is 1. The van der Waals surface area contributed by atoms with Crippen molar-refractivity contribution in [1.29, 1.82) is 0 Å². The van der Waals surface area contributed by atoms with E-state index in [1.165, 1.54) is 5.56 Å². The summed E-state index contributed by atoms with van der Waals surface area (Å²) >= 11 is 0. The third kappa shape index (κ3) is 3.02. The zero-order valence-corrected chi connectivity index (χ0v) is 11.4. The molecule has 0 unspecified atom stereocenters. The first kappa shape index (κ1) is 13.3. The minimum absolute atomic E-state index is 0.136. The van der Waals surface area contributed by atoms with Crippen LogP contribution in [-0.4, -0.2) is 19.6 Å². The lowest BCUT2D eigenvalue weighted by molar-refractivity contribution is 0.338. The van der Waals surface area contributed by atoms with E-state index in [1.807, 2.05) is 6.07 Å². The summed E-state index contributed by atoms with van der Waals surface area (Å²) in [7, 11) is 0. The molecule has 1 aliphatic rings. The van der Waals surface area contributed by atoms with E-state index in [0.29, 0.717) is 0 Å². The summed E-state index contributed by atoms with van der Waals surface area (Å²) in [4.78, 5) is 2.30. The number of hydrogen-bond acceptors (Lipinski definition) is 2. The minimum Gasteiger partial charge on any atom is -0.371 e. The molecule has 1 aromatic carbocycles. The van der Waals surface area contributed by atoms with Crippen molar-refractivity contribution in [2.24, 2.45) is 11.1 Å². The van der Waals surface area contributed by atoms with Gasteiger partial charge in [-0.3, -0.25) is 0 Å². The fraction of sp³-hybridized carbons (Fsp3) is 0.600. The van der Waals surface area contributed by atoms with E-state index >= 15 is 0 Å². The highest BCUT2D eigenvalue weighted by Gasteiger charge is 2.20. The highest BCUT2D eigenvalue weighted by molar-refractivity contribution is 5.58. The summed E-state index contributed by atoms with van der Waals surface area (Å²) in [6.07, 6.45) is 3.26. The molecule has 0 bridgehead atoms. The molecular weight excluding hydrogens is 227 g/mol. The Bertz CT molecular complexity index is 415. The van der Waals surface area contributed by atoms with Crippen molar-refractivity contribution in [3.8, 4) is 0 Å². The third-order valence-corrected chi connectivity index (χ3v) is 3.87. The summed E-state index contributed by atoms with van der Waals surface area (Å²) in [5, 5.41) is 0. The summed E-state index contributed by atoms with van der Waals surface area (Å²) < 4.78 is 13.3. The van der Waals surface area contributed by atoms with Crippen LogP contribution < -0.4 is 10.6 Å². The Balaban J connectivity index is 1.92. The molecule has 0 saturated carbocycles. The molecule has 2 rings (SSSR count). The normalized spacial score (nSPS) is 15.0. The summed E-state index contributed by atoms with van der Waals surface area (Å²) in [5.74, 6) is -0.136. The van der Waals surface area contributed by atoms with Gasteiger partial charge in [0.15, 0.2) is 0 Å². The largest absolute Gasteiger partial charge is 0.371 e. The number of nitrogens with zero attached hydrogens (tertiary/aromatic N) is 1. The zero-order valence-electron chi connectivity index (χ0n) is 11.4. The van der Waals surface area contributed by atoms with Crippen molar-refractivity contribution in [3.05, 3.63) is 29.6 Å². The first-order valence-corrected chi connectivity index (χ1v) is 6.75. The second-order valence-electron chi connectivity index (χ2n) is 5.98. The standard InChI is InChI=1S/C15H23FN2/c1-15(2,11-17)7-3-8-18-9-6-12-4-5-13(16)10-14(12)18/h4-5,10H,3,6-9,11,17H2,1-2H3. The molecule has 1 aromatic rings. The van der Waals surface area contributed by atoms with Gasteiger partial charge in [0.1, 0.15) is 5.82 Å². The predicted molar refractivity (Wildman–Crippen MR) is 74.4 cm³/mol. The Kier molecular flexibility index (Phi) is 3.91. The third-order valence-electron chi connectivity index (χ3n) is 3.87. The quantitative estimate of drug-likeness (QED) is 0.870. The van der Waals surface area contributed by atoms with Crippen LogP contribution in [0.3, 0.4) is 0 Å². The molecule has 0 fully saturated rings. The zero-order chi connectivity index (χ0) is 13.2. The van der Waals surface area contributed by atoms with E-state index in [2.05, 4.69) is 18.7 Å². The van der Waals surface area contributed by atoms with Gasteiger partial charge in [0, 0.05) is 18.8 Å². The highest BCUT2D eigenvalue weighted by atomic mass is 19.1. The first-order chi connectivity index (χ1) is 8.52. The molecular formula is C15H23FN2. The number of nitrogens with two attached hydrogens (primary N) is 1. The molecule has 1 aliphatic heterocycles. The SMILES string of the molecule is CC(C)(CN)CCCN1CCc2ccc(F)cc21. The highest BCUT2D eigenvalue weighted by Crippen LogP contribution is 2.29. The Hall–Kier alpha value is -1.09. The molecule has 2 nitrogen and oxygen atoms in total. The molecule has 0 aromatic heterocycles. The second-order valence-corrected chi connectivity index (χ2v) is 5.98. The maximum atomic E-state index is 13.3. The molecule has 0 saturated heterocycles. The smallest absolute Gasteiger partial charge is 0.125 e. The monoisotopic (exact) mass is 250 g/mol. The molecule has 1 heterocycles. The van der Waals surface area contributed by atoms with E-state index in [9.17, 15) is 4.39 Å². The van der Waals surface area contributed by atoms with Crippen LogP contribution in [0, 0.1) is 11.2 Å². The first-order valence-electron chi connectivity index (χ1n) is 6.75. The van der Waals surface area contributed by atoms with Gasteiger partial charge in [0.25, 0.3) is 0 Å². The molecule has 2 N–H and O–H groups in total. The number of rotatable bonds is 5. The Morgan fingerprint density at radius 3 is 2.89 bits per heavy atom. The molecule has 0 radical (unpaired) electrons. The lowest BCUT2D eigenvalue weighted by atomic mass is 9.88. The molecule has 100 valence electrons. The van der Waals surface area contributed by atoms with Crippen LogP contribution in [0.15, 0.2) is 18.2 Å². The Morgan fingerprint density at radius 1 is 1.39 bits per heavy atom. The van der Waals surface area contributed by atoms with Gasteiger partial charge in [-0.1, -0.05) is 19.9 Å². The van der Waals surface area contributed by atoms with Crippen molar-refractivity contribution in [3.63, 3.8) is 0 Å². The lowest BCUT2D eigenvalue weighted by Gasteiger charge is -2.25. The maximum Gasteiger partial charge on any atom is 0.125 e. The average Bonchev–Trinajstić information content (AvgIpc) is 2.72. The fourth-order valence-electron chi connectivity index (χ4n) is 2.50. The van der Waals surface area contributed by atoms with E-state index in [0.717, 1.165) is 44.6 Å². The Labute approximate surface area is 109 Å². The van der Waals surface area contributed by atoms with E-state index in [-0.39, 0.29) is 11.2 Å². The maximum absolute atomic E-state index is 13.3. The molecule has 3 heteroatoms. The van der Waals surface area contributed by atoms with Crippen LogP contribution in [0.2, 0.25) is 0 Å². The summed E-state index contributed by atoms with van der Waals surface area (Å²) in [6.45, 7) is 7.13. The van der Waals surface area contributed by atoms with Crippen LogP contribution in [-0.2, 0) is 6.42 Å². The van der Waals surface area contributed by atoms with Crippen molar-refractivity contribution in [1.82, 2.24) is 0 Å². The van der Waals surface area contributed by atoms with Crippen LogP contribution in [0.1, 0.15) is 32.3 Å². The lowest BCUT2D eigenvalue weighted by Crippen LogP contribution is -2.27. The van der Waals surface area contributed by atoms with Gasteiger partial charge in [0.05, 0.1) is 0 Å². The average molecular weight is 250 g/mol. The number of benzene rings is 1. The van der Waals surface area contributed by atoms with E-state index in [4.69, 9.17) is 5.73 Å². The summed E-state index contributed by atoms with van der Waals surface area (Å²) in [5.41, 5.74) is 8.30. The molecule has 0 spiro atoms. The van der Waals surface area contributed by atoms with Crippen LogP contribution in [0.5, 0.6) is 0 Å².